The zero-order valence-corrected chi connectivity index (χ0v) is 19.9. The van der Waals surface area contributed by atoms with Gasteiger partial charge >= 0.3 is 154 Å². The van der Waals surface area contributed by atoms with E-state index in [0.717, 1.165) is 0 Å². The molecule has 0 aromatic rings. The van der Waals surface area contributed by atoms with E-state index in [1.165, 1.54) is 4.90 Å². The van der Waals surface area contributed by atoms with E-state index < -0.39 is 24.4 Å². The maximum Gasteiger partial charge on any atom is 1.00 e. The normalized spacial score (nSPS) is 22.4. The van der Waals surface area contributed by atoms with Gasteiger partial charge in [0.25, 0.3) is 0 Å². The van der Waals surface area contributed by atoms with Crippen molar-refractivity contribution in [2.45, 2.75) is 6.29 Å². The van der Waals surface area contributed by atoms with Gasteiger partial charge in [-0.05, 0) is 0 Å². The summed E-state index contributed by atoms with van der Waals surface area (Å²) in [5.74, 6) is -0.233. The van der Waals surface area contributed by atoms with Crippen molar-refractivity contribution in [3.63, 3.8) is 0 Å². The third-order valence-corrected chi connectivity index (χ3v) is 1.94. The van der Waals surface area contributed by atoms with E-state index >= 15 is 0 Å². The molecule has 10 nitrogen and oxygen atoms in total. The molecule has 0 spiro atoms. The third kappa shape index (κ3) is 4.61. The molecule has 3 heterocycles. The number of rotatable bonds is 0. The fourth-order valence-electron chi connectivity index (χ4n) is 1.37. The quantitative estimate of drug-likeness (QED) is 0.436. The standard InChI is InChI=1S/C6H5N7O3.3K/c14-4-7-1-8-5(15)10-3-12-6(16)11-2(9-4)13(1)3;;;/h1H,(H4,7,8,9,10,11,12,14,15,16);;;/q;3*+1/p-3. The Morgan fingerprint density at radius 2 is 1.47 bits per heavy atom. The Balaban J connectivity index is 0.00000108. The van der Waals surface area contributed by atoms with E-state index in [2.05, 4.69) is 30.3 Å². The van der Waals surface area contributed by atoms with Crippen LogP contribution in [0.4, 0.5) is 0 Å². The second-order valence-corrected chi connectivity index (χ2v) is 2.93. The first kappa shape index (κ1) is 21.3. The summed E-state index contributed by atoms with van der Waals surface area (Å²) in [5.41, 5.74) is 0. The molecular weight excluding hydrogens is 335 g/mol. The smallest absolute Gasteiger partial charge is 0.846 e. The molecule has 82 valence electrons. The molecule has 3 rings (SSSR count). The van der Waals surface area contributed by atoms with Crippen LogP contribution in [-0.4, -0.2) is 41.2 Å². The zero-order valence-electron chi connectivity index (χ0n) is 10.5. The summed E-state index contributed by atoms with van der Waals surface area (Å²) >= 11 is 0. The second kappa shape index (κ2) is 8.78. The van der Waals surface area contributed by atoms with Crippen LogP contribution in [0.3, 0.4) is 0 Å². The number of hydrogen-bond acceptors (Lipinski definition) is 10. The minimum Gasteiger partial charge on any atom is -0.846 e. The topological polar surface area (TPSA) is 146 Å². The van der Waals surface area contributed by atoms with Crippen LogP contribution in [0.5, 0.6) is 0 Å². The summed E-state index contributed by atoms with van der Waals surface area (Å²) in [6.45, 7) is 0. The minimum absolute atomic E-state index is 0. The number of nitrogens with one attached hydrogen (secondary N) is 1. The molecule has 0 aliphatic carbocycles. The number of guanidine groups is 2. The molecule has 3 aliphatic heterocycles. The van der Waals surface area contributed by atoms with Gasteiger partial charge in [0, 0.05) is 0 Å². The van der Waals surface area contributed by atoms with Crippen molar-refractivity contribution in [2.75, 3.05) is 0 Å². The molecule has 19 heavy (non-hydrogen) atoms. The fraction of sp³-hybridized carbons (Fsp3) is 0.167. The van der Waals surface area contributed by atoms with E-state index in [9.17, 15) is 15.3 Å². The number of hydrogen-bond donors (Lipinski definition) is 1. The molecule has 0 saturated heterocycles. The maximum absolute atomic E-state index is 11.1. The van der Waals surface area contributed by atoms with Crippen molar-refractivity contribution in [1.29, 1.82) is 0 Å². The first-order valence-electron chi connectivity index (χ1n) is 4.12. The molecule has 0 radical (unpaired) electrons. The van der Waals surface area contributed by atoms with E-state index in [0.29, 0.717) is 0 Å². The van der Waals surface area contributed by atoms with Crippen LogP contribution >= 0.6 is 0 Å². The van der Waals surface area contributed by atoms with Gasteiger partial charge in [-0.1, -0.05) is 0 Å². The van der Waals surface area contributed by atoms with Crippen LogP contribution in [-0.2, 0) is 0 Å². The van der Waals surface area contributed by atoms with E-state index in [1.54, 1.807) is 0 Å². The number of amidine groups is 3. The van der Waals surface area contributed by atoms with Gasteiger partial charge in [0.15, 0.2) is 0 Å². The molecule has 0 saturated carbocycles. The zero-order chi connectivity index (χ0) is 11.3. The van der Waals surface area contributed by atoms with Gasteiger partial charge in [-0.2, -0.15) is 0 Å². The van der Waals surface area contributed by atoms with Gasteiger partial charge < -0.3 is 20.6 Å². The molecular formula is C6H2K3N7O3. The Labute approximate surface area is 234 Å². The van der Waals surface area contributed by atoms with Crippen molar-refractivity contribution in [3.8, 4) is 0 Å². The first-order chi connectivity index (χ1) is 7.63. The summed E-state index contributed by atoms with van der Waals surface area (Å²) in [7, 11) is 0. The molecule has 0 aromatic carbocycles. The molecule has 1 unspecified atom stereocenters. The van der Waals surface area contributed by atoms with E-state index in [1.807, 2.05) is 0 Å². The minimum atomic E-state index is -1.08. The average Bonchev–Trinajstić information content (AvgIpc) is 2.14. The molecule has 0 fully saturated rings. The van der Waals surface area contributed by atoms with Crippen molar-refractivity contribution < 1.29 is 169 Å². The van der Waals surface area contributed by atoms with Gasteiger partial charge in [-0.3, -0.25) is 0 Å². The van der Waals surface area contributed by atoms with Gasteiger partial charge in [0.1, 0.15) is 0 Å². The van der Waals surface area contributed by atoms with E-state index in [-0.39, 0.29) is 166 Å². The Kier molecular flexibility index (Phi) is 9.82. The van der Waals surface area contributed by atoms with Gasteiger partial charge in [0.2, 0.25) is 18.2 Å². The van der Waals surface area contributed by atoms with Crippen LogP contribution in [0, 0.1) is 0 Å². The molecule has 13 heteroatoms. The summed E-state index contributed by atoms with van der Waals surface area (Å²) < 4.78 is 0. The van der Waals surface area contributed by atoms with Gasteiger partial charge in [-0.15, -0.1) is 0 Å². The summed E-state index contributed by atoms with van der Waals surface area (Å²) in [6.07, 6.45) is -1.08. The van der Waals surface area contributed by atoms with Crippen LogP contribution in [0.15, 0.2) is 25.0 Å². The molecule has 3 aliphatic rings. The summed E-state index contributed by atoms with van der Waals surface area (Å²) in [4.78, 5) is 18.5. The number of nitrogens with zero attached hydrogens (tertiary/aromatic N) is 6. The Bertz CT molecular complexity index is 528. The largest absolute Gasteiger partial charge is 1.00 e. The van der Waals surface area contributed by atoms with Crippen molar-refractivity contribution >= 4 is 30.0 Å². The van der Waals surface area contributed by atoms with Crippen molar-refractivity contribution in [3.05, 3.63) is 0 Å². The summed E-state index contributed by atoms with van der Waals surface area (Å²) in [5, 5.41) is 35.4. The summed E-state index contributed by atoms with van der Waals surface area (Å²) in [6, 6.07) is -2.42. The van der Waals surface area contributed by atoms with Crippen LogP contribution in [0.25, 0.3) is 0 Å². The Hall–Kier alpha value is 2.26. The first-order valence-corrected chi connectivity index (χ1v) is 4.12. The predicted molar refractivity (Wildman–Crippen MR) is 45.9 cm³/mol. The van der Waals surface area contributed by atoms with Crippen LogP contribution in [0.2, 0.25) is 0 Å². The van der Waals surface area contributed by atoms with Crippen LogP contribution in [0.1, 0.15) is 0 Å². The second-order valence-electron chi connectivity index (χ2n) is 2.93. The predicted octanol–water partition coefficient (Wildman–Crippen LogP) is -13.9. The molecule has 0 aromatic heterocycles. The maximum atomic E-state index is 11.1. The molecule has 1 N–H and O–H groups in total. The Morgan fingerprint density at radius 3 is 2.11 bits per heavy atom. The third-order valence-electron chi connectivity index (χ3n) is 1.94. The number of aliphatic imine (C=N–C) groups is 5. The molecule has 0 bridgehead atoms. The van der Waals surface area contributed by atoms with E-state index in [4.69, 9.17) is 0 Å². The van der Waals surface area contributed by atoms with Gasteiger partial charge in [0.05, 0.1) is 18.1 Å². The monoisotopic (exact) mass is 337 g/mol. The van der Waals surface area contributed by atoms with Crippen molar-refractivity contribution in [2.24, 2.45) is 25.0 Å². The van der Waals surface area contributed by atoms with Crippen LogP contribution < -0.4 is 175 Å². The Morgan fingerprint density at radius 1 is 0.895 bits per heavy atom. The fourth-order valence-corrected chi connectivity index (χ4v) is 1.37. The average molecular weight is 337 g/mol. The molecule has 1 atom stereocenters. The molecule has 0 amide bonds. The SMILES string of the molecule is [K+].[K+].[K+].[O-]C1=NC2N=C([O-])N=C3NC([O-])=NC(=N1)N32. The van der Waals surface area contributed by atoms with Crippen molar-refractivity contribution in [1.82, 2.24) is 10.2 Å². The van der Waals surface area contributed by atoms with Gasteiger partial charge in [-0.25, -0.2) is 29.9 Å².